The smallest absolute Gasteiger partial charge is 0.416 e. The Hall–Kier alpha value is -12.8. The second-order valence-electron chi connectivity index (χ2n) is 34.0. The first-order valence-electron chi connectivity index (χ1n) is 45.0. The molecule has 20 rings (SSSR count). The number of fused-ring (bicyclic) bond motifs is 3. The number of morpholine rings is 1. The van der Waals surface area contributed by atoms with Gasteiger partial charge < -0.3 is 50.6 Å². The quantitative estimate of drug-likeness (QED) is 0.0351. The van der Waals surface area contributed by atoms with Gasteiger partial charge in [-0.25, -0.2) is 37.0 Å². The number of hydrogen-bond donors (Lipinski definition) is 5. The average Bonchev–Trinajstić information content (AvgIpc) is 1.69. The molecule has 698 valence electrons. The second-order valence-corrected chi connectivity index (χ2v) is 38.7. The number of thioether (sulfide) groups is 1. The van der Waals surface area contributed by atoms with E-state index in [1.54, 1.807) is 69.7 Å². The highest BCUT2D eigenvalue weighted by atomic mass is 32.2. The Kier molecular flexibility index (Phi) is 28.5. The molecule has 14 aromatic rings. The highest BCUT2D eigenvalue weighted by molar-refractivity contribution is 7.99. The van der Waals surface area contributed by atoms with Crippen LogP contribution >= 0.6 is 23.1 Å². The van der Waals surface area contributed by atoms with Gasteiger partial charge in [-0.1, -0.05) is 78.9 Å². The van der Waals surface area contributed by atoms with E-state index in [1.165, 1.54) is 56.8 Å². The molecule has 8 aromatic heterocycles. The van der Waals surface area contributed by atoms with Gasteiger partial charge in [0.1, 0.15) is 40.4 Å². The predicted molar refractivity (Wildman–Crippen MR) is 524 cm³/mol. The summed E-state index contributed by atoms with van der Waals surface area (Å²) in [5.41, 5.74) is 8.09. The number of rotatable bonds is 24. The lowest BCUT2D eigenvalue weighted by molar-refractivity contribution is -0.138. The van der Waals surface area contributed by atoms with E-state index in [-0.39, 0.29) is 54.0 Å². The van der Waals surface area contributed by atoms with Crippen molar-refractivity contribution in [3.63, 3.8) is 0 Å². The van der Waals surface area contributed by atoms with Gasteiger partial charge in [0.2, 0.25) is 27.9 Å². The third-order valence-electron chi connectivity index (χ3n) is 24.8. The Bertz CT molecular complexity index is 7000. The third kappa shape index (κ3) is 21.9. The van der Waals surface area contributed by atoms with E-state index in [2.05, 4.69) is 96.8 Å². The zero-order chi connectivity index (χ0) is 93.3. The number of likely N-dealkylation sites (N-methyl/N-ethyl adjacent to an activating group) is 2. The van der Waals surface area contributed by atoms with Crippen LogP contribution in [0.2, 0.25) is 0 Å². The van der Waals surface area contributed by atoms with Crippen LogP contribution in [0.3, 0.4) is 0 Å². The molecule has 6 aliphatic rings. The standard InChI is InChI=1S/C36H30F4N6OS.C32H38N6O4S2.C30H34N10O3/c1-22-6-13-32(48-22)24-9-7-23(8-10-24)28-18-26-20-42-35(43-27-11-12-31(30(37)19-27)45-16-14-41-15-17-45)44-33(26)46(34(28)47)21-25-4-2-3-5-29(25)36(38,39)40;1-37(44(2,40)41)14-15-38-30-24(19-28(31(38)39)27-6-4-3-5-26(27)22-11-16-42-17-12-22)20-34-32(36-30)35-25-9-7-23(8-10-25)29-21-33-13-18-43-29;1-37-10-7-24(20-37)43-23-4-2-22(3-5-23)34-30-32-19-21-18-25(28-31-9-11-39(28)26-6-8-33-36-26)29(41)40(27(21)35-30)13-12-38-14-16-42-17-15-38/h2-13,18-20,41H,14-17,21H2,1H3,(H,42,43,44);3-10,19-20,22,29,33H,11-18,21H2,1-2H3,(H,34,35,36);2-5,8-9,11,18-19,24H,6-7,10,12-17,20H2,1H3,(H,32,34,35). The van der Waals surface area contributed by atoms with Crippen LogP contribution < -0.4 is 52.9 Å². The summed E-state index contributed by atoms with van der Waals surface area (Å²) in [6, 6.07) is 50.9. The molecule has 5 N–H and O–H groups in total. The molecule has 0 radical (unpaired) electrons. The van der Waals surface area contributed by atoms with Gasteiger partial charge in [0, 0.05) is 221 Å². The number of nitrogens with one attached hydrogen (secondary N) is 5. The van der Waals surface area contributed by atoms with Gasteiger partial charge in [0.05, 0.1) is 42.8 Å². The molecule has 0 amide bonds. The van der Waals surface area contributed by atoms with Crippen LogP contribution in [0.1, 0.15) is 64.0 Å². The molecule has 6 aliphatic heterocycles. The fraction of sp³-hybridized carbons (Fsp3) is 0.327. The van der Waals surface area contributed by atoms with Crippen molar-refractivity contribution in [3.8, 4) is 49.8 Å². The number of anilines is 7. The number of benzene rings is 6. The monoisotopic (exact) mass is 1890 g/mol. The number of alkyl halides is 3. The summed E-state index contributed by atoms with van der Waals surface area (Å²) in [6.07, 6.45) is 10.3. The highest BCUT2D eigenvalue weighted by Gasteiger charge is 2.34. The number of piperazine rings is 1. The maximum atomic E-state index is 15.1. The predicted octanol–water partition coefficient (Wildman–Crippen LogP) is 14.7. The van der Waals surface area contributed by atoms with Crippen molar-refractivity contribution in [2.24, 2.45) is 10.2 Å². The zero-order valence-electron chi connectivity index (χ0n) is 74.9. The molecule has 6 aromatic carbocycles. The van der Waals surface area contributed by atoms with E-state index < -0.39 is 33.1 Å². The van der Waals surface area contributed by atoms with Crippen molar-refractivity contribution in [1.82, 2.24) is 77.9 Å². The SMILES string of the molecule is CN(CCn1c(=O)c(-c2ccccc2C2CCOCC2)cc2cnc(Nc3ccc(C4CNCCS4)cc3)nc21)S(C)(=O)=O.CN1CCC(Oc2ccc(Nc3ncc4cc(-c5nccn5C5=NN=CC5)c(=O)n(CCN5CCOCC5)c4n3)cc2)C1.Cc1ccc(-c2ccc(-c3cc4cnc(Nc5ccc(N6CCNCC6)c(F)c5)nc4n(Cc4ccccc4C(F)(F)F)c3=O)cc2)s1. The van der Waals surface area contributed by atoms with Crippen molar-refractivity contribution in [3.05, 3.63) is 265 Å². The number of hydrogen-bond acceptors (Lipinski definition) is 27. The molecule has 30 nitrogen and oxygen atoms in total. The van der Waals surface area contributed by atoms with Crippen LogP contribution in [-0.2, 0) is 45.3 Å². The minimum Gasteiger partial charge on any atom is -0.489 e. The van der Waals surface area contributed by atoms with Gasteiger partial charge in [-0.3, -0.25) is 37.6 Å². The zero-order valence-corrected chi connectivity index (χ0v) is 77.4. The third-order valence-corrected chi connectivity index (χ3v) is 28.4. The van der Waals surface area contributed by atoms with Crippen LogP contribution in [0.25, 0.3) is 77.2 Å². The second kappa shape index (κ2) is 41.6. The fourth-order valence-corrected chi connectivity index (χ4v) is 19.9. The summed E-state index contributed by atoms with van der Waals surface area (Å²) in [5.74, 6) is 3.89. The first kappa shape index (κ1) is 92.6. The molecular formula is C98H102F4N22O8S3. The number of aromatic nitrogens is 11. The topological polar surface area (TPSA) is 321 Å². The Morgan fingerprint density at radius 1 is 0.615 bits per heavy atom. The molecule has 14 heterocycles. The van der Waals surface area contributed by atoms with Crippen molar-refractivity contribution in [1.29, 1.82) is 0 Å². The molecule has 0 spiro atoms. The molecule has 5 saturated heterocycles. The molecule has 37 heteroatoms. The van der Waals surface area contributed by atoms with Gasteiger partial charge in [-0.2, -0.15) is 45.0 Å². The maximum Gasteiger partial charge on any atom is 0.416 e. The molecule has 0 aliphatic carbocycles. The van der Waals surface area contributed by atoms with Gasteiger partial charge in [-0.05, 0) is 164 Å². The van der Waals surface area contributed by atoms with Crippen LogP contribution in [0.4, 0.5) is 58.2 Å². The maximum absolute atomic E-state index is 15.1. The van der Waals surface area contributed by atoms with Crippen LogP contribution in [0.15, 0.2) is 225 Å². The first-order chi connectivity index (χ1) is 65.5. The van der Waals surface area contributed by atoms with E-state index >= 15 is 4.39 Å². The van der Waals surface area contributed by atoms with Gasteiger partial charge in [-0.15, -0.1) is 16.4 Å². The van der Waals surface area contributed by atoms with Crippen molar-refractivity contribution >= 4 is 119 Å². The molecule has 135 heavy (non-hydrogen) atoms. The molecule has 5 fully saturated rings. The normalized spacial score (nSPS) is 16.9. The van der Waals surface area contributed by atoms with Crippen molar-refractivity contribution < 1.29 is 40.2 Å². The number of halogens is 4. The number of likely N-dealkylation sites (tertiary alicyclic amines) is 1. The fourth-order valence-electron chi connectivity index (χ4n) is 17.5. The van der Waals surface area contributed by atoms with Crippen LogP contribution in [0.5, 0.6) is 5.75 Å². The summed E-state index contributed by atoms with van der Waals surface area (Å²) in [7, 11) is 0.196. The van der Waals surface area contributed by atoms with Gasteiger partial charge in [0.25, 0.3) is 16.7 Å². The lowest BCUT2D eigenvalue weighted by Crippen LogP contribution is -2.43. The Morgan fingerprint density at radius 2 is 1.23 bits per heavy atom. The Morgan fingerprint density at radius 3 is 1.87 bits per heavy atom. The highest BCUT2D eigenvalue weighted by Crippen LogP contribution is 2.39. The number of sulfonamides is 1. The number of aryl methyl sites for hydroxylation is 1. The number of pyridine rings is 3. The minimum atomic E-state index is -4.62. The number of ether oxygens (including phenoxy) is 3. The number of nitrogens with zero attached hydrogens (tertiary/aromatic N) is 17. The molecule has 0 saturated carbocycles. The summed E-state index contributed by atoms with van der Waals surface area (Å²) in [4.78, 5) is 83.5. The van der Waals surface area contributed by atoms with Crippen molar-refractivity contribution in [2.75, 3.05) is 152 Å². The number of imidazole rings is 1. The van der Waals surface area contributed by atoms with E-state index in [1.807, 2.05) is 131 Å². The minimum absolute atomic E-state index is 0.0671. The van der Waals surface area contributed by atoms with E-state index in [0.717, 1.165) is 140 Å². The lowest BCUT2D eigenvalue weighted by atomic mass is 9.86. The van der Waals surface area contributed by atoms with Gasteiger partial charge in [0.15, 0.2) is 5.82 Å². The van der Waals surface area contributed by atoms with Crippen LogP contribution in [0, 0.1) is 12.7 Å². The summed E-state index contributed by atoms with van der Waals surface area (Å²) in [5, 5.41) is 26.8. The largest absolute Gasteiger partial charge is 0.489 e. The molecule has 2 atom stereocenters. The lowest BCUT2D eigenvalue weighted by Gasteiger charge is -2.29. The van der Waals surface area contributed by atoms with Crippen LogP contribution in [-0.4, -0.2) is 225 Å². The Balaban J connectivity index is 0.000000135. The molecule has 2 unspecified atom stereocenters. The Labute approximate surface area is 784 Å². The van der Waals surface area contributed by atoms with Gasteiger partial charge >= 0.3 is 6.18 Å². The molecule has 0 bridgehead atoms. The first-order valence-corrected chi connectivity index (χ1v) is 48.7. The van der Waals surface area contributed by atoms with E-state index in [4.69, 9.17) is 24.2 Å². The summed E-state index contributed by atoms with van der Waals surface area (Å²) >= 11 is 3.62. The molecular weight excluding hydrogens is 1790 g/mol. The van der Waals surface area contributed by atoms with Crippen molar-refractivity contribution in [2.45, 2.75) is 75.7 Å². The summed E-state index contributed by atoms with van der Waals surface area (Å²) < 4.78 is 106. The average molecular weight is 1890 g/mol. The number of thiophene rings is 1. The van der Waals surface area contributed by atoms with E-state index in [9.17, 15) is 36.0 Å². The van der Waals surface area contributed by atoms with E-state index in [0.29, 0.717) is 144 Å². The summed E-state index contributed by atoms with van der Waals surface area (Å²) in [6.45, 7) is 14.4.